The number of carbonyl (C=O) groups is 1. The normalized spacial score (nSPS) is 12.0. The van der Waals surface area contributed by atoms with Gasteiger partial charge in [-0.1, -0.05) is 36.4 Å². The van der Waals surface area contributed by atoms with Gasteiger partial charge in [0.15, 0.2) is 0 Å². The Morgan fingerprint density at radius 1 is 1.11 bits per heavy atom. The van der Waals surface area contributed by atoms with Gasteiger partial charge in [-0.05, 0) is 43.5 Å². The second kappa shape index (κ2) is 8.16. The molecule has 0 unspecified atom stereocenters. The molecule has 0 aliphatic heterocycles. The lowest BCUT2D eigenvalue weighted by Gasteiger charge is -2.28. The van der Waals surface area contributed by atoms with Crippen LogP contribution in [0.5, 0.6) is 0 Å². The second-order valence-corrected chi connectivity index (χ2v) is 6.85. The fourth-order valence-corrected chi connectivity index (χ4v) is 3.50. The summed E-state index contributed by atoms with van der Waals surface area (Å²) in [6, 6.07) is 15.7. The number of rotatable bonds is 6. The molecule has 3 aromatic rings. The SMILES string of the molecule is Cc1nn(C)c(C)c1CCC(=O)N(C)[C@@H](c1ccccc1)c1ccccn1. The molecule has 0 bridgehead atoms. The topological polar surface area (TPSA) is 51.0 Å². The number of aryl methyl sites for hydroxylation is 2. The first-order valence-electron chi connectivity index (χ1n) is 9.19. The van der Waals surface area contributed by atoms with Crippen LogP contribution in [0, 0.1) is 13.8 Å². The number of benzene rings is 1. The van der Waals surface area contributed by atoms with Crippen LogP contribution in [0.3, 0.4) is 0 Å². The summed E-state index contributed by atoms with van der Waals surface area (Å²) in [5, 5.41) is 4.45. The van der Waals surface area contributed by atoms with Gasteiger partial charge in [0.1, 0.15) is 0 Å². The Morgan fingerprint density at radius 3 is 2.41 bits per heavy atom. The zero-order valence-corrected chi connectivity index (χ0v) is 16.4. The summed E-state index contributed by atoms with van der Waals surface area (Å²) in [4.78, 5) is 19.3. The molecule has 0 saturated heterocycles. The first kappa shape index (κ1) is 18.8. The average molecular weight is 362 g/mol. The van der Waals surface area contributed by atoms with E-state index in [1.165, 1.54) is 0 Å². The molecule has 140 valence electrons. The second-order valence-electron chi connectivity index (χ2n) is 6.85. The van der Waals surface area contributed by atoms with Crippen molar-refractivity contribution >= 4 is 5.91 Å². The van der Waals surface area contributed by atoms with Crippen LogP contribution in [0.1, 0.15) is 40.7 Å². The number of amides is 1. The van der Waals surface area contributed by atoms with Crippen molar-refractivity contribution in [1.82, 2.24) is 19.7 Å². The molecule has 5 heteroatoms. The largest absolute Gasteiger partial charge is 0.333 e. The Morgan fingerprint density at radius 2 is 1.81 bits per heavy atom. The molecule has 27 heavy (non-hydrogen) atoms. The lowest BCUT2D eigenvalue weighted by Crippen LogP contribution is -2.32. The zero-order valence-electron chi connectivity index (χ0n) is 16.4. The third-order valence-electron chi connectivity index (χ3n) is 5.11. The van der Waals surface area contributed by atoms with Gasteiger partial charge in [0, 0.05) is 32.4 Å². The van der Waals surface area contributed by atoms with Crippen molar-refractivity contribution in [1.29, 1.82) is 0 Å². The van der Waals surface area contributed by atoms with Crippen molar-refractivity contribution in [2.24, 2.45) is 7.05 Å². The predicted octanol–water partition coefficient (Wildman–Crippen LogP) is 3.61. The van der Waals surface area contributed by atoms with Crippen LogP contribution in [0.2, 0.25) is 0 Å². The molecule has 2 heterocycles. The molecule has 3 rings (SSSR count). The van der Waals surface area contributed by atoms with Crippen molar-refractivity contribution in [3.63, 3.8) is 0 Å². The van der Waals surface area contributed by atoms with Crippen LogP contribution in [0.15, 0.2) is 54.7 Å². The van der Waals surface area contributed by atoms with E-state index in [0.29, 0.717) is 12.8 Å². The molecule has 0 N–H and O–H groups in total. The smallest absolute Gasteiger partial charge is 0.223 e. The summed E-state index contributed by atoms with van der Waals surface area (Å²) in [6.45, 7) is 4.04. The molecular formula is C22H26N4O. The van der Waals surface area contributed by atoms with Crippen LogP contribution in [-0.2, 0) is 18.3 Å². The van der Waals surface area contributed by atoms with E-state index in [-0.39, 0.29) is 11.9 Å². The number of hydrogen-bond acceptors (Lipinski definition) is 3. The first-order chi connectivity index (χ1) is 13.0. The monoisotopic (exact) mass is 362 g/mol. The van der Waals surface area contributed by atoms with E-state index in [1.54, 1.807) is 11.1 Å². The molecule has 0 fully saturated rings. The Balaban J connectivity index is 1.81. The maximum atomic E-state index is 13.0. The summed E-state index contributed by atoms with van der Waals surface area (Å²) in [5.74, 6) is 0.0946. The van der Waals surface area contributed by atoms with Crippen LogP contribution >= 0.6 is 0 Å². The highest BCUT2D eigenvalue weighted by molar-refractivity contribution is 5.77. The third kappa shape index (κ3) is 4.08. The number of hydrogen-bond donors (Lipinski definition) is 0. The van der Waals surface area contributed by atoms with Gasteiger partial charge in [-0.25, -0.2) is 0 Å². The van der Waals surface area contributed by atoms with Gasteiger partial charge in [0.25, 0.3) is 0 Å². The average Bonchev–Trinajstić information content (AvgIpc) is 2.93. The fraction of sp³-hybridized carbons (Fsp3) is 0.318. The molecule has 0 spiro atoms. The maximum absolute atomic E-state index is 13.0. The molecule has 1 atom stereocenters. The molecule has 2 aromatic heterocycles. The number of aromatic nitrogens is 3. The summed E-state index contributed by atoms with van der Waals surface area (Å²) in [6.07, 6.45) is 2.91. The minimum atomic E-state index is -0.198. The highest BCUT2D eigenvalue weighted by Crippen LogP contribution is 2.27. The standard InChI is InChI=1S/C22H26N4O/c1-16-19(17(2)26(4)24-16)13-14-21(27)25(3)22(18-10-6-5-7-11-18)20-12-8-9-15-23-20/h5-12,15,22H,13-14H2,1-4H3/t22-/m0/s1. The van der Waals surface area contributed by atoms with Gasteiger partial charge < -0.3 is 4.90 Å². The van der Waals surface area contributed by atoms with Gasteiger partial charge in [-0.2, -0.15) is 5.10 Å². The predicted molar refractivity (Wildman–Crippen MR) is 106 cm³/mol. The molecule has 1 amide bonds. The van der Waals surface area contributed by atoms with Crippen LogP contribution in [0.4, 0.5) is 0 Å². The lowest BCUT2D eigenvalue weighted by atomic mass is 10.0. The third-order valence-corrected chi connectivity index (χ3v) is 5.11. The van der Waals surface area contributed by atoms with E-state index < -0.39 is 0 Å². The highest BCUT2D eigenvalue weighted by Gasteiger charge is 2.24. The van der Waals surface area contributed by atoms with Crippen molar-refractivity contribution in [3.05, 3.63) is 82.9 Å². The van der Waals surface area contributed by atoms with E-state index in [1.807, 2.05) is 81.2 Å². The molecular weight excluding hydrogens is 336 g/mol. The van der Waals surface area contributed by atoms with Gasteiger partial charge in [-0.15, -0.1) is 0 Å². The van der Waals surface area contributed by atoms with Gasteiger partial charge in [0.2, 0.25) is 5.91 Å². The van der Waals surface area contributed by atoms with Crippen molar-refractivity contribution in [2.45, 2.75) is 32.7 Å². The quantitative estimate of drug-likeness (QED) is 0.673. The van der Waals surface area contributed by atoms with E-state index in [4.69, 9.17) is 0 Å². The van der Waals surface area contributed by atoms with Crippen molar-refractivity contribution in [3.8, 4) is 0 Å². The Kier molecular flexibility index (Phi) is 5.69. The number of pyridine rings is 1. The number of carbonyl (C=O) groups excluding carboxylic acids is 1. The molecule has 0 radical (unpaired) electrons. The van der Waals surface area contributed by atoms with E-state index >= 15 is 0 Å². The van der Waals surface area contributed by atoms with Gasteiger partial charge in [0.05, 0.1) is 17.4 Å². The minimum absolute atomic E-state index is 0.0946. The lowest BCUT2D eigenvalue weighted by molar-refractivity contribution is -0.131. The molecule has 5 nitrogen and oxygen atoms in total. The van der Waals surface area contributed by atoms with Crippen molar-refractivity contribution in [2.75, 3.05) is 7.05 Å². The Bertz CT molecular complexity index is 863. The Labute approximate surface area is 160 Å². The Hall–Kier alpha value is -2.95. The van der Waals surface area contributed by atoms with Gasteiger partial charge in [-0.3, -0.25) is 14.5 Å². The highest BCUT2D eigenvalue weighted by atomic mass is 16.2. The fourth-order valence-electron chi connectivity index (χ4n) is 3.50. The van der Waals surface area contributed by atoms with Gasteiger partial charge >= 0.3 is 0 Å². The van der Waals surface area contributed by atoms with Crippen LogP contribution in [-0.4, -0.2) is 32.6 Å². The van der Waals surface area contributed by atoms with E-state index in [2.05, 4.69) is 10.1 Å². The maximum Gasteiger partial charge on any atom is 0.223 e. The first-order valence-corrected chi connectivity index (χ1v) is 9.19. The molecule has 0 aliphatic rings. The molecule has 0 saturated carbocycles. The van der Waals surface area contributed by atoms with E-state index in [0.717, 1.165) is 28.2 Å². The molecule has 0 aliphatic carbocycles. The summed E-state index contributed by atoms with van der Waals surface area (Å²) >= 11 is 0. The molecule has 1 aromatic carbocycles. The number of nitrogens with zero attached hydrogens (tertiary/aromatic N) is 4. The summed E-state index contributed by atoms with van der Waals surface area (Å²) < 4.78 is 1.87. The van der Waals surface area contributed by atoms with Crippen molar-refractivity contribution < 1.29 is 4.79 Å². The zero-order chi connectivity index (χ0) is 19.4. The summed E-state index contributed by atoms with van der Waals surface area (Å²) in [7, 11) is 3.80. The van der Waals surface area contributed by atoms with E-state index in [9.17, 15) is 4.79 Å². The van der Waals surface area contributed by atoms with Crippen LogP contribution < -0.4 is 0 Å². The summed E-state index contributed by atoms with van der Waals surface area (Å²) in [5.41, 5.74) is 5.20. The van der Waals surface area contributed by atoms with Crippen LogP contribution in [0.25, 0.3) is 0 Å². The minimum Gasteiger partial charge on any atom is -0.333 e.